The Labute approximate surface area is 160 Å². The summed E-state index contributed by atoms with van der Waals surface area (Å²) in [5, 5.41) is 0.113. The number of hydrogen-bond donors (Lipinski definition) is 0. The van der Waals surface area contributed by atoms with Crippen LogP contribution in [0.3, 0.4) is 0 Å². The quantitative estimate of drug-likeness (QED) is 0.651. The molecule has 0 unspecified atom stereocenters. The van der Waals surface area contributed by atoms with Crippen LogP contribution in [0.2, 0.25) is 5.02 Å². The second kappa shape index (κ2) is 6.74. The van der Waals surface area contributed by atoms with Crippen LogP contribution >= 0.6 is 11.6 Å². The lowest BCUT2D eigenvalue weighted by Crippen LogP contribution is -2.42. The number of aromatic nitrogens is 1. The molecule has 1 atom stereocenters. The predicted molar refractivity (Wildman–Crippen MR) is 98.0 cm³/mol. The van der Waals surface area contributed by atoms with Crippen molar-refractivity contribution in [2.45, 2.75) is 17.5 Å². The van der Waals surface area contributed by atoms with Gasteiger partial charge in [0.05, 0.1) is 11.1 Å². The number of rotatable bonds is 3. The van der Waals surface area contributed by atoms with Gasteiger partial charge in [-0.3, -0.25) is 0 Å². The summed E-state index contributed by atoms with van der Waals surface area (Å²) in [4.78, 5) is -0.0146. The molecule has 1 aliphatic heterocycles. The summed E-state index contributed by atoms with van der Waals surface area (Å²) in [7, 11) is -3.96. The number of benzene rings is 2. The van der Waals surface area contributed by atoms with E-state index in [1.54, 1.807) is 24.3 Å². The van der Waals surface area contributed by atoms with Crippen LogP contribution in [0.15, 0.2) is 65.7 Å². The summed E-state index contributed by atoms with van der Waals surface area (Å²) in [6.45, 7) is 0.630. The third-order valence-electron chi connectivity index (χ3n) is 4.68. The summed E-state index contributed by atoms with van der Waals surface area (Å²) in [5.74, 6) is -2.00. The van der Waals surface area contributed by atoms with Gasteiger partial charge in [0.2, 0.25) is 10.0 Å². The fourth-order valence-electron chi connectivity index (χ4n) is 3.42. The molecule has 140 valence electrons. The number of hydrogen-bond acceptors (Lipinski definition) is 2. The molecule has 0 bridgehead atoms. The SMILES string of the molecule is O=S(=O)(c1ccccc1Cl)N1CCn2cccc2[C@@H]1c1ccc(F)c(F)c1. The van der Waals surface area contributed by atoms with Crippen molar-refractivity contribution >= 4 is 21.6 Å². The summed E-state index contributed by atoms with van der Waals surface area (Å²) in [6, 6.07) is 12.4. The van der Waals surface area contributed by atoms with E-state index >= 15 is 0 Å². The molecule has 2 heterocycles. The van der Waals surface area contributed by atoms with Crippen LogP contribution in [0.1, 0.15) is 17.3 Å². The van der Waals surface area contributed by atoms with E-state index in [9.17, 15) is 17.2 Å². The molecule has 0 amide bonds. The minimum atomic E-state index is -3.96. The zero-order chi connectivity index (χ0) is 19.2. The van der Waals surface area contributed by atoms with Gasteiger partial charge in [0.15, 0.2) is 11.6 Å². The maximum atomic E-state index is 13.9. The van der Waals surface area contributed by atoms with Gasteiger partial charge in [0.25, 0.3) is 0 Å². The Hall–Kier alpha value is -2.22. The lowest BCUT2D eigenvalue weighted by Gasteiger charge is -2.36. The van der Waals surface area contributed by atoms with Gasteiger partial charge < -0.3 is 4.57 Å². The Kier molecular flexibility index (Phi) is 4.53. The number of fused-ring (bicyclic) bond motifs is 1. The molecule has 0 N–H and O–H groups in total. The highest BCUT2D eigenvalue weighted by Crippen LogP contribution is 2.38. The van der Waals surface area contributed by atoms with E-state index in [0.29, 0.717) is 17.8 Å². The van der Waals surface area contributed by atoms with Crippen molar-refractivity contribution in [3.63, 3.8) is 0 Å². The van der Waals surface area contributed by atoms with Crippen molar-refractivity contribution in [3.05, 3.63) is 88.7 Å². The number of sulfonamides is 1. The van der Waals surface area contributed by atoms with Gasteiger partial charge in [-0.25, -0.2) is 17.2 Å². The maximum Gasteiger partial charge on any atom is 0.245 e. The van der Waals surface area contributed by atoms with Crippen molar-refractivity contribution in [3.8, 4) is 0 Å². The van der Waals surface area contributed by atoms with E-state index in [-0.39, 0.29) is 16.5 Å². The van der Waals surface area contributed by atoms with Gasteiger partial charge in [-0.05, 0) is 42.0 Å². The topological polar surface area (TPSA) is 42.3 Å². The Morgan fingerprint density at radius 1 is 0.963 bits per heavy atom. The second-order valence-electron chi connectivity index (χ2n) is 6.25. The van der Waals surface area contributed by atoms with Gasteiger partial charge in [-0.1, -0.05) is 29.8 Å². The van der Waals surface area contributed by atoms with Crippen LogP contribution in [0.5, 0.6) is 0 Å². The normalized spacial score (nSPS) is 17.7. The van der Waals surface area contributed by atoms with E-state index < -0.39 is 27.7 Å². The molecule has 1 aromatic heterocycles. The van der Waals surface area contributed by atoms with Crippen LogP contribution in [0.25, 0.3) is 0 Å². The second-order valence-corrected chi connectivity index (χ2v) is 8.51. The largest absolute Gasteiger partial charge is 0.348 e. The lowest BCUT2D eigenvalue weighted by atomic mass is 10.0. The molecule has 0 spiro atoms. The minimum absolute atomic E-state index is 0.0146. The van der Waals surface area contributed by atoms with Gasteiger partial charge >= 0.3 is 0 Å². The van der Waals surface area contributed by atoms with Crippen molar-refractivity contribution in [2.24, 2.45) is 0 Å². The summed E-state index contributed by atoms with van der Waals surface area (Å²) < 4.78 is 57.2. The van der Waals surface area contributed by atoms with Crippen molar-refractivity contribution in [1.29, 1.82) is 0 Å². The van der Waals surface area contributed by atoms with Gasteiger partial charge in [-0.2, -0.15) is 4.31 Å². The molecule has 0 saturated heterocycles. The van der Waals surface area contributed by atoms with Crippen LogP contribution < -0.4 is 0 Å². The standard InChI is InChI=1S/C19H15ClF2N2O2S/c20-14-4-1-2-6-18(14)27(25,26)24-11-10-23-9-3-5-17(23)19(24)13-7-8-15(21)16(22)12-13/h1-9,12,19H,10-11H2/t19-/m0/s1. The van der Waals surface area contributed by atoms with Gasteiger partial charge in [-0.15, -0.1) is 0 Å². The Balaban J connectivity index is 1.89. The van der Waals surface area contributed by atoms with Crippen LogP contribution in [-0.4, -0.2) is 23.8 Å². The Morgan fingerprint density at radius 3 is 2.48 bits per heavy atom. The third kappa shape index (κ3) is 3.05. The first-order chi connectivity index (χ1) is 12.9. The molecule has 27 heavy (non-hydrogen) atoms. The summed E-state index contributed by atoms with van der Waals surface area (Å²) in [6.07, 6.45) is 1.83. The molecule has 0 saturated carbocycles. The summed E-state index contributed by atoms with van der Waals surface area (Å²) >= 11 is 6.13. The Bertz CT molecular complexity index is 1110. The molecular weight excluding hydrogens is 394 g/mol. The third-order valence-corrected chi connectivity index (χ3v) is 7.04. The highest BCUT2D eigenvalue weighted by Gasteiger charge is 2.38. The van der Waals surface area contributed by atoms with E-state index in [1.165, 1.54) is 22.5 Å². The molecule has 1 aliphatic rings. The molecule has 8 heteroatoms. The molecule has 0 aliphatic carbocycles. The van der Waals surface area contributed by atoms with Crippen molar-refractivity contribution in [1.82, 2.24) is 8.87 Å². The number of halogens is 3. The van der Waals surface area contributed by atoms with E-state index in [2.05, 4.69) is 0 Å². The molecular formula is C19H15ClF2N2O2S. The van der Waals surface area contributed by atoms with E-state index in [0.717, 1.165) is 12.1 Å². The van der Waals surface area contributed by atoms with E-state index in [4.69, 9.17) is 11.6 Å². The fourth-order valence-corrected chi connectivity index (χ4v) is 5.50. The average Bonchev–Trinajstić information content (AvgIpc) is 3.12. The first kappa shape index (κ1) is 18.2. The predicted octanol–water partition coefficient (Wildman–Crippen LogP) is 4.21. The zero-order valence-electron chi connectivity index (χ0n) is 14.0. The van der Waals surface area contributed by atoms with Crippen molar-refractivity contribution < 1.29 is 17.2 Å². The fraction of sp³-hybridized carbons (Fsp3) is 0.158. The lowest BCUT2D eigenvalue weighted by molar-refractivity contribution is 0.297. The molecule has 4 rings (SSSR count). The first-order valence-electron chi connectivity index (χ1n) is 8.26. The first-order valence-corrected chi connectivity index (χ1v) is 10.1. The summed E-state index contributed by atoms with van der Waals surface area (Å²) in [5.41, 5.74) is 1.03. The Morgan fingerprint density at radius 2 is 1.74 bits per heavy atom. The molecule has 0 radical (unpaired) electrons. The monoisotopic (exact) mass is 408 g/mol. The van der Waals surface area contributed by atoms with Gasteiger partial charge in [0, 0.05) is 25.0 Å². The van der Waals surface area contributed by atoms with Crippen molar-refractivity contribution in [2.75, 3.05) is 6.54 Å². The van der Waals surface area contributed by atoms with Gasteiger partial charge in [0.1, 0.15) is 4.90 Å². The minimum Gasteiger partial charge on any atom is -0.348 e. The molecule has 0 fully saturated rings. The van der Waals surface area contributed by atoms with Crippen LogP contribution in [0.4, 0.5) is 8.78 Å². The van der Waals surface area contributed by atoms with Crippen LogP contribution in [-0.2, 0) is 16.6 Å². The smallest absolute Gasteiger partial charge is 0.245 e. The zero-order valence-corrected chi connectivity index (χ0v) is 15.6. The molecule has 2 aromatic carbocycles. The molecule has 4 nitrogen and oxygen atoms in total. The maximum absolute atomic E-state index is 13.9. The molecule has 3 aromatic rings. The number of nitrogens with zero attached hydrogens (tertiary/aromatic N) is 2. The van der Waals surface area contributed by atoms with Crippen LogP contribution in [0, 0.1) is 11.6 Å². The highest BCUT2D eigenvalue weighted by atomic mass is 35.5. The van der Waals surface area contributed by atoms with E-state index in [1.807, 2.05) is 10.8 Å². The average molecular weight is 409 g/mol. The highest BCUT2D eigenvalue weighted by molar-refractivity contribution is 7.89.